The van der Waals surface area contributed by atoms with Crippen LogP contribution in [0.3, 0.4) is 0 Å². The van der Waals surface area contributed by atoms with Gasteiger partial charge in [0, 0.05) is 30.9 Å². The summed E-state index contributed by atoms with van der Waals surface area (Å²) in [6, 6.07) is 5.57. The van der Waals surface area contributed by atoms with Crippen LogP contribution in [-0.2, 0) is 17.5 Å². The van der Waals surface area contributed by atoms with Crippen LogP contribution in [0.2, 0.25) is 0 Å². The van der Waals surface area contributed by atoms with Gasteiger partial charge in [0.2, 0.25) is 0 Å². The third kappa shape index (κ3) is 3.99. The molecule has 1 N–H and O–H groups in total. The number of hydrogen-bond donors (Lipinski definition) is 1. The summed E-state index contributed by atoms with van der Waals surface area (Å²) in [7, 11) is 0. The Morgan fingerprint density at radius 2 is 1.94 bits per heavy atom. The zero-order chi connectivity index (χ0) is 22.3. The van der Waals surface area contributed by atoms with Gasteiger partial charge in [0.25, 0.3) is 0 Å². The summed E-state index contributed by atoms with van der Waals surface area (Å²) >= 11 is 0. The second-order valence-corrected chi connectivity index (χ2v) is 9.07. The molecule has 1 aliphatic heterocycles. The molecule has 1 aromatic carbocycles. The molecule has 5 rings (SSSR count). The van der Waals surface area contributed by atoms with Crippen molar-refractivity contribution < 1.29 is 17.9 Å². The Kier molecular flexibility index (Phi) is 5.84. The highest BCUT2D eigenvalue weighted by Gasteiger charge is 2.38. The normalized spacial score (nSPS) is 20.9. The van der Waals surface area contributed by atoms with Crippen LogP contribution >= 0.6 is 0 Å². The number of aryl methyl sites for hydroxylation is 2. The smallest absolute Gasteiger partial charge is 0.376 e. The Morgan fingerprint density at radius 3 is 2.66 bits per heavy atom. The van der Waals surface area contributed by atoms with E-state index in [1.807, 2.05) is 25.1 Å². The summed E-state index contributed by atoms with van der Waals surface area (Å²) in [6.07, 6.45) is 1.52. The highest BCUT2D eigenvalue weighted by Crippen LogP contribution is 2.40. The van der Waals surface area contributed by atoms with Gasteiger partial charge in [-0.2, -0.15) is 13.2 Å². The van der Waals surface area contributed by atoms with Gasteiger partial charge in [-0.15, -0.1) is 0 Å². The van der Waals surface area contributed by atoms with Gasteiger partial charge in [-0.05, 0) is 31.7 Å². The minimum Gasteiger partial charge on any atom is -0.376 e. The van der Waals surface area contributed by atoms with Gasteiger partial charge in [-0.3, -0.25) is 0 Å². The Balaban J connectivity index is 1.71. The molecular formula is C24H29F3N4O. The van der Waals surface area contributed by atoms with E-state index in [1.54, 1.807) is 0 Å². The molecule has 0 bridgehead atoms. The number of fused-ring (bicyclic) bond motifs is 3. The molecule has 2 aliphatic rings. The Morgan fingerprint density at radius 1 is 1.12 bits per heavy atom. The first-order valence-electron chi connectivity index (χ1n) is 11.6. The molecule has 172 valence electrons. The number of benzene rings is 1. The maximum absolute atomic E-state index is 14.1. The summed E-state index contributed by atoms with van der Waals surface area (Å²) in [5.41, 5.74) is 0.816. The molecule has 1 unspecified atom stereocenters. The third-order valence-electron chi connectivity index (χ3n) is 6.86. The van der Waals surface area contributed by atoms with Gasteiger partial charge >= 0.3 is 6.18 Å². The van der Waals surface area contributed by atoms with Crippen molar-refractivity contribution in [3.63, 3.8) is 0 Å². The van der Waals surface area contributed by atoms with Crippen molar-refractivity contribution in [2.24, 2.45) is 0 Å². The van der Waals surface area contributed by atoms with Crippen LogP contribution in [0.15, 0.2) is 18.2 Å². The molecule has 1 aliphatic carbocycles. The molecule has 2 aromatic heterocycles. The molecule has 0 spiro atoms. The van der Waals surface area contributed by atoms with Crippen molar-refractivity contribution >= 4 is 21.9 Å². The maximum atomic E-state index is 14.1. The largest absolute Gasteiger partial charge is 0.435 e. The number of nitrogens with zero attached hydrogens (tertiary/aromatic N) is 3. The number of rotatable bonds is 4. The van der Waals surface area contributed by atoms with E-state index in [-0.39, 0.29) is 17.5 Å². The van der Waals surface area contributed by atoms with Gasteiger partial charge < -0.3 is 14.6 Å². The van der Waals surface area contributed by atoms with Crippen molar-refractivity contribution in [3.8, 4) is 0 Å². The first-order valence-corrected chi connectivity index (χ1v) is 11.6. The summed E-state index contributed by atoms with van der Waals surface area (Å²) in [6.45, 7) is 4.66. The lowest BCUT2D eigenvalue weighted by molar-refractivity contribution is -0.139. The maximum Gasteiger partial charge on any atom is 0.435 e. The minimum absolute atomic E-state index is 0.0149. The predicted octanol–water partition coefficient (Wildman–Crippen LogP) is 5.34. The molecule has 0 radical (unpaired) electrons. The quantitative estimate of drug-likeness (QED) is 0.588. The Labute approximate surface area is 185 Å². The minimum atomic E-state index is -4.56. The molecule has 0 amide bonds. The van der Waals surface area contributed by atoms with Gasteiger partial charge in [-0.1, -0.05) is 37.5 Å². The van der Waals surface area contributed by atoms with Crippen LogP contribution in [0.5, 0.6) is 0 Å². The average Bonchev–Trinajstić information content (AvgIpc) is 3.18. The number of hydrogen-bond acceptors (Lipinski definition) is 4. The monoisotopic (exact) mass is 446 g/mol. The Hall–Kier alpha value is -2.19. The second-order valence-electron chi connectivity index (χ2n) is 9.07. The van der Waals surface area contributed by atoms with Gasteiger partial charge in [0.05, 0.1) is 23.7 Å². The lowest BCUT2D eigenvalue weighted by atomic mass is 9.88. The van der Waals surface area contributed by atoms with Crippen LogP contribution in [0.25, 0.3) is 21.9 Å². The van der Waals surface area contributed by atoms with Crippen molar-refractivity contribution in [1.29, 1.82) is 0 Å². The summed E-state index contributed by atoms with van der Waals surface area (Å²) < 4.78 is 50.2. The van der Waals surface area contributed by atoms with Gasteiger partial charge in [0.15, 0.2) is 5.69 Å². The van der Waals surface area contributed by atoms with E-state index in [4.69, 9.17) is 4.74 Å². The number of halogens is 3. The van der Waals surface area contributed by atoms with Crippen molar-refractivity contribution in [1.82, 2.24) is 19.9 Å². The fourth-order valence-electron chi connectivity index (χ4n) is 5.25. The van der Waals surface area contributed by atoms with E-state index in [0.29, 0.717) is 24.2 Å². The average molecular weight is 447 g/mol. The van der Waals surface area contributed by atoms with E-state index in [1.165, 1.54) is 6.42 Å². The standard InChI is InChI=1S/C24H29F3N4O/c1-15-6-5-9-18-19(15)29-22(24(25,26)27)20-21(18)31(12-10-17-14-28-11-13-32-17)23(30-20)16-7-3-2-4-8-16/h5-6,9,16-17,28H,2-4,7-8,10-14H2,1H3. The summed E-state index contributed by atoms with van der Waals surface area (Å²) in [5, 5.41) is 4.08. The highest BCUT2D eigenvalue weighted by atomic mass is 19.4. The Bertz CT molecular complexity index is 1110. The fraction of sp³-hybridized carbons (Fsp3) is 0.583. The molecule has 1 saturated heterocycles. The second kappa shape index (κ2) is 8.63. The summed E-state index contributed by atoms with van der Waals surface area (Å²) in [5.74, 6) is 0.965. The number of nitrogens with one attached hydrogen (secondary N) is 1. The van der Waals surface area contributed by atoms with Crippen molar-refractivity contribution in [3.05, 3.63) is 35.3 Å². The van der Waals surface area contributed by atoms with Crippen LogP contribution in [0.4, 0.5) is 13.2 Å². The molecule has 32 heavy (non-hydrogen) atoms. The molecule has 1 atom stereocenters. The molecule has 3 aromatic rings. The lowest BCUT2D eigenvalue weighted by Gasteiger charge is -2.26. The number of ether oxygens (including phenoxy) is 1. The summed E-state index contributed by atoms with van der Waals surface area (Å²) in [4.78, 5) is 8.76. The van der Waals surface area contributed by atoms with E-state index in [9.17, 15) is 13.2 Å². The number of pyridine rings is 1. The molecule has 1 saturated carbocycles. The SMILES string of the molecule is Cc1cccc2c1nc(C(F)(F)F)c1nc(C3CCCCC3)n(CCC3CNCCO3)c12. The molecule has 2 fully saturated rings. The topological polar surface area (TPSA) is 52.0 Å². The van der Waals surface area contributed by atoms with Crippen LogP contribution in [0, 0.1) is 6.92 Å². The number of morpholine rings is 1. The van der Waals surface area contributed by atoms with E-state index in [0.717, 1.165) is 62.0 Å². The van der Waals surface area contributed by atoms with Gasteiger partial charge in [-0.25, -0.2) is 9.97 Å². The number of para-hydroxylation sites is 1. The lowest BCUT2D eigenvalue weighted by Crippen LogP contribution is -2.39. The van der Waals surface area contributed by atoms with Gasteiger partial charge in [0.1, 0.15) is 11.3 Å². The molecule has 8 heteroatoms. The van der Waals surface area contributed by atoms with Crippen LogP contribution < -0.4 is 5.32 Å². The van der Waals surface area contributed by atoms with E-state index >= 15 is 0 Å². The zero-order valence-electron chi connectivity index (χ0n) is 18.3. The highest BCUT2D eigenvalue weighted by molar-refractivity contribution is 6.04. The zero-order valence-corrected chi connectivity index (χ0v) is 18.3. The molecule has 5 nitrogen and oxygen atoms in total. The number of imidazole rings is 1. The number of alkyl halides is 3. The van der Waals surface area contributed by atoms with Crippen molar-refractivity contribution in [2.45, 2.75) is 70.2 Å². The first-order chi connectivity index (χ1) is 15.4. The van der Waals surface area contributed by atoms with E-state index < -0.39 is 11.9 Å². The molecular weight excluding hydrogens is 417 g/mol. The number of aromatic nitrogens is 3. The predicted molar refractivity (Wildman–Crippen MR) is 118 cm³/mol. The van der Waals surface area contributed by atoms with E-state index in [2.05, 4.69) is 19.9 Å². The van der Waals surface area contributed by atoms with Crippen molar-refractivity contribution in [2.75, 3.05) is 19.7 Å². The molecule has 3 heterocycles. The van der Waals surface area contributed by atoms with Crippen LogP contribution in [0.1, 0.15) is 61.5 Å². The third-order valence-corrected chi connectivity index (χ3v) is 6.86. The van der Waals surface area contributed by atoms with Crippen LogP contribution in [-0.4, -0.2) is 40.3 Å². The fourth-order valence-corrected chi connectivity index (χ4v) is 5.25. The first kappa shape index (κ1) is 21.6.